The van der Waals surface area contributed by atoms with Crippen LogP contribution in [0.5, 0.6) is 0 Å². The molecule has 58 heavy (non-hydrogen) atoms. The fourth-order valence-electron chi connectivity index (χ4n) is 13.2. The average Bonchev–Trinajstić information content (AvgIpc) is 4.15. The minimum atomic E-state index is 0.251. The molecule has 4 nitrogen and oxygen atoms in total. The summed E-state index contributed by atoms with van der Waals surface area (Å²) < 4.78 is 10.5. The maximum atomic E-state index is 2.71. The highest BCUT2D eigenvalue weighted by atomic mass is 15.1. The lowest BCUT2D eigenvalue weighted by molar-refractivity contribution is 0.685. The number of para-hydroxylation sites is 5. The average molecular weight is 735 g/mol. The Hall–Kier alpha value is -7.30. The summed E-state index contributed by atoms with van der Waals surface area (Å²) in [5, 5.41) is 17.7. The lowest BCUT2D eigenvalue weighted by Crippen LogP contribution is -2.33. The Balaban J connectivity index is 0.989. The molecule has 0 spiro atoms. The molecule has 0 bridgehead atoms. The monoisotopic (exact) mass is 734 g/mol. The number of rotatable bonds is 0. The van der Waals surface area contributed by atoms with Gasteiger partial charge in [-0.05, 0) is 54.3 Å². The molecule has 7 aromatic carbocycles. The summed E-state index contributed by atoms with van der Waals surface area (Å²) in [4.78, 5) is 0. The van der Waals surface area contributed by atoms with Gasteiger partial charge in [0.05, 0.1) is 67.1 Å². The SMILES string of the molecule is C1=CCC2C(=C1)c1cccc3c4c5c6cccc7c8cc9c(cc8n(c5ccc4n2c13)c76)c1cccc2c1n9C1CC=c3c(c4cccc5c6ccccc6n3c45)=C21. The topological polar surface area (TPSA) is 18.7 Å². The number of allylic oxidation sites excluding steroid dienone is 4. The van der Waals surface area contributed by atoms with Gasteiger partial charge in [0.2, 0.25) is 0 Å². The second-order valence-electron chi connectivity index (χ2n) is 17.4. The molecule has 17 rings (SSSR count). The smallest absolute Gasteiger partial charge is 0.0641 e. The number of aromatic nitrogens is 4. The Morgan fingerprint density at radius 3 is 1.98 bits per heavy atom. The third kappa shape index (κ3) is 2.75. The normalized spacial score (nSPS) is 18.3. The molecular weight excluding hydrogens is 705 g/mol. The molecule has 8 heterocycles. The van der Waals surface area contributed by atoms with Crippen LogP contribution in [0.1, 0.15) is 36.1 Å². The van der Waals surface area contributed by atoms with Crippen molar-refractivity contribution in [2.45, 2.75) is 24.9 Å². The van der Waals surface area contributed by atoms with Gasteiger partial charge in [0, 0.05) is 75.6 Å². The van der Waals surface area contributed by atoms with E-state index in [2.05, 4.69) is 164 Å². The van der Waals surface area contributed by atoms with Crippen molar-refractivity contribution in [3.8, 4) is 0 Å². The summed E-state index contributed by atoms with van der Waals surface area (Å²) in [6, 6.07) is 47.5. The second kappa shape index (κ2) is 8.96. The van der Waals surface area contributed by atoms with Crippen molar-refractivity contribution in [3.05, 3.63) is 161 Å². The van der Waals surface area contributed by atoms with Gasteiger partial charge in [-0.2, -0.15) is 0 Å². The molecule has 13 aromatic rings. The highest BCUT2D eigenvalue weighted by molar-refractivity contribution is 6.34. The zero-order valence-corrected chi connectivity index (χ0v) is 31.2. The molecule has 4 aliphatic rings. The van der Waals surface area contributed by atoms with Gasteiger partial charge in [-0.3, -0.25) is 0 Å². The van der Waals surface area contributed by atoms with Crippen molar-refractivity contribution in [2.24, 2.45) is 0 Å². The third-order valence-electron chi connectivity index (χ3n) is 15.2. The van der Waals surface area contributed by atoms with E-state index in [9.17, 15) is 0 Å². The molecule has 2 atom stereocenters. The molecular formula is C54H30N4. The Kier molecular flexibility index (Phi) is 4.35. The first-order chi connectivity index (χ1) is 28.8. The molecule has 0 radical (unpaired) electrons. The third-order valence-corrected chi connectivity index (χ3v) is 15.2. The molecule has 2 aliphatic heterocycles. The number of nitrogens with zero attached hydrogens (tertiary/aromatic N) is 4. The quantitative estimate of drug-likeness (QED) is 0.148. The fourth-order valence-corrected chi connectivity index (χ4v) is 13.2. The first kappa shape index (κ1) is 28.1. The van der Waals surface area contributed by atoms with Gasteiger partial charge < -0.3 is 17.9 Å². The van der Waals surface area contributed by atoms with Gasteiger partial charge in [0.1, 0.15) is 0 Å². The van der Waals surface area contributed by atoms with Gasteiger partial charge >= 0.3 is 0 Å². The van der Waals surface area contributed by atoms with Crippen molar-refractivity contribution >= 4 is 126 Å². The van der Waals surface area contributed by atoms with Crippen LogP contribution in [0.3, 0.4) is 0 Å². The van der Waals surface area contributed by atoms with Crippen LogP contribution in [0.15, 0.2) is 140 Å². The predicted octanol–water partition coefficient (Wildman–Crippen LogP) is 11.9. The summed E-state index contributed by atoms with van der Waals surface area (Å²) in [7, 11) is 0. The summed E-state index contributed by atoms with van der Waals surface area (Å²) >= 11 is 0. The number of fused-ring (bicyclic) bond motifs is 25. The van der Waals surface area contributed by atoms with Crippen LogP contribution < -0.4 is 10.6 Å². The maximum Gasteiger partial charge on any atom is 0.0641 e. The molecule has 6 aromatic heterocycles. The van der Waals surface area contributed by atoms with E-state index in [-0.39, 0.29) is 6.04 Å². The molecule has 0 N–H and O–H groups in total. The van der Waals surface area contributed by atoms with Gasteiger partial charge in [0.15, 0.2) is 0 Å². The van der Waals surface area contributed by atoms with E-state index in [1.54, 1.807) is 0 Å². The van der Waals surface area contributed by atoms with Crippen molar-refractivity contribution < 1.29 is 0 Å². The summed E-state index contributed by atoms with van der Waals surface area (Å²) in [5.41, 5.74) is 17.8. The fraction of sp³-hybridized carbons (Fsp3) is 0.0741. The van der Waals surface area contributed by atoms with Crippen molar-refractivity contribution in [3.63, 3.8) is 0 Å². The van der Waals surface area contributed by atoms with Crippen LogP contribution >= 0.6 is 0 Å². The molecule has 2 aliphatic carbocycles. The highest BCUT2D eigenvalue weighted by Crippen LogP contribution is 2.53. The van der Waals surface area contributed by atoms with Gasteiger partial charge in [-0.1, -0.05) is 115 Å². The Labute approximate surface area is 329 Å². The van der Waals surface area contributed by atoms with E-state index in [0.717, 1.165) is 12.8 Å². The standard InChI is InChI=1S/C54H30N4/c1-3-19-39-27(9-1)29-11-5-15-33-47-41(55(39)51(29)33)21-23-43-49(47)35-17-7-13-31-37-26-46-38(25-45(37)57(43)53(31)35)32-14-8-18-36-50-44(58(46)54(32)36)24-22-42-48(50)34-16-6-12-30-28-10-2-4-20-40(28)56(42)52(30)34/h1-19,21-22,24-26,40,43H,20,23H2. The maximum absolute atomic E-state index is 2.71. The minimum absolute atomic E-state index is 0.251. The zero-order chi connectivity index (χ0) is 36.9. The van der Waals surface area contributed by atoms with Crippen LogP contribution in [0.2, 0.25) is 0 Å². The Bertz CT molecular complexity index is 4380. The van der Waals surface area contributed by atoms with E-state index in [4.69, 9.17) is 0 Å². The van der Waals surface area contributed by atoms with Crippen LogP contribution in [0, 0.1) is 0 Å². The van der Waals surface area contributed by atoms with Gasteiger partial charge in [-0.15, -0.1) is 0 Å². The summed E-state index contributed by atoms with van der Waals surface area (Å²) in [6.07, 6.45) is 11.5. The zero-order valence-electron chi connectivity index (χ0n) is 31.2. The molecule has 0 amide bonds. The van der Waals surface area contributed by atoms with Gasteiger partial charge in [-0.25, -0.2) is 0 Å². The van der Waals surface area contributed by atoms with Crippen LogP contribution in [-0.4, -0.2) is 17.9 Å². The van der Waals surface area contributed by atoms with E-state index in [0.29, 0.717) is 6.04 Å². The van der Waals surface area contributed by atoms with Crippen LogP contribution in [0.4, 0.5) is 0 Å². The number of hydrogen-bond donors (Lipinski definition) is 0. The number of hydrogen-bond acceptors (Lipinski definition) is 0. The summed E-state index contributed by atoms with van der Waals surface area (Å²) in [6.45, 7) is 0. The molecule has 266 valence electrons. The minimum Gasteiger partial charge on any atom is -0.332 e. The van der Waals surface area contributed by atoms with Crippen molar-refractivity contribution in [2.75, 3.05) is 0 Å². The molecule has 0 saturated carbocycles. The highest BCUT2D eigenvalue weighted by Gasteiger charge is 2.36. The first-order valence-electron chi connectivity index (χ1n) is 20.8. The molecule has 0 saturated heterocycles. The Morgan fingerprint density at radius 1 is 0.431 bits per heavy atom. The molecule has 0 fully saturated rings. The number of benzene rings is 7. The predicted molar refractivity (Wildman–Crippen MR) is 241 cm³/mol. The Morgan fingerprint density at radius 2 is 1.07 bits per heavy atom. The first-order valence-corrected chi connectivity index (χ1v) is 20.8. The van der Waals surface area contributed by atoms with Crippen LogP contribution in [0.25, 0.3) is 126 Å². The molecule has 4 heteroatoms. The van der Waals surface area contributed by atoms with E-state index < -0.39 is 0 Å². The largest absolute Gasteiger partial charge is 0.332 e. The van der Waals surface area contributed by atoms with E-state index >= 15 is 0 Å². The van der Waals surface area contributed by atoms with Crippen molar-refractivity contribution in [1.29, 1.82) is 0 Å². The van der Waals surface area contributed by atoms with Crippen LogP contribution in [-0.2, 0) is 0 Å². The van der Waals surface area contributed by atoms with Crippen molar-refractivity contribution in [1.82, 2.24) is 17.9 Å². The lowest BCUT2D eigenvalue weighted by atomic mass is 9.91. The second-order valence-corrected chi connectivity index (χ2v) is 17.4. The molecule has 2 unspecified atom stereocenters. The lowest BCUT2D eigenvalue weighted by Gasteiger charge is -2.19. The van der Waals surface area contributed by atoms with Gasteiger partial charge in [0.25, 0.3) is 0 Å². The summed E-state index contributed by atoms with van der Waals surface area (Å²) in [5.74, 6) is 0. The van der Waals surface area contributed by atoms with E-state index in [1.807, 2.05) is 0 Å². The van der Waals surface area contributed by atoms with E-state index in [1.165, 1.54) is 142 Å².